The van der Waals surface area contributed by atoms with Gasteiger partial charge in [0.25, 0.3) is 0 Å². The third kappa shape index (κ3) is 5.50. The average molecular weight is 205 g/mol. The Morgan fingerprint density at radius 3 is 2.21 bits per heavy atom. The minimum absolute atomic E-state index is 0.203. The van der Waals surface area contributed by atoms with Gasteiger partial charge in [0.15, 0.2) is 0 Å². The highest BCUT2D eigenvalue weighted by molar-refractivity contribution is 5.80. The first kappa shape index (κ1) is 12.9. The summed E-state index contributed by atoms with van der Waals surface area (Å²) in [5.41, 5.74) is -0.651. The summed E-state index contributed by atoms with van der Waals surface area (Å²) in [5.74, 6) is 0. The quantitative estimate of drug-likeness (QED) is 0.714. The standard InChI is InChI=1S/C9H16FNO3/c1-5-6(7(10)12)11-8(13)14-9(2,3)4/h6H,5H2,1-4H3,(H,11,13). The average Bonchev–Trinajstić information content (AvgIpc) is 1.96. The van der Waals surface area contributed by atoms with Crippen LogP contribution in [0.3, 0.4) is 0 Å². The summed E-state index contributed by atoms with van der Waals surface area (Å²) in [5, 5.41) is 2.14. The van der Waals surface area contributed by atoms with E-state index in [9.17, 15) is 14.0 Å². The van der Waals surface area contributed by atoms with Gasteiger partial charge in [0, 0.05) is 0 Å². The molecule has 0 bridgehead atoms. The van der Waals surface area contributed by atoms with Gasteiger partial charge in [-0.2, -0.15) is 4.39 Å². The van der Waals surface area contributed by atoms with E-state index in [0.29, 0.717) is 0 Å². The molecule has 4 nitrogen and oxygen atoms in total. The zero-order valence-corrected chi connectivity index (χ0v) is 8.89. The van der Waals surface area contributed by atoms with Crippen LogP contribution in [0.2, 0.25) is 0 Å². The molecule has 0 aromatic rings. The van der Waals surface area contributed by atoms with Crippen molar-refractivity contribution in [3.8, 4) is 0 Å². The predicted octanol–water partition coefficient (Wildman–Crippen LogP) is 1.79. The molecular weight excluding hydrogens is 189 g/mol. The van der Waals surface area contributed by atoms with Gasteiger partial charge in [-0.05, 0) is 27.2 Å². The maximum Gasteiger partial charge on any atom is 0.408 e. The molecule has 0 aromatic carbocycles. The van der Waals surface area contributed by atoms with Gasteiger partial charge in [-0.1, -0.05) is 6.92 Å². The van der Waals surface area contributed by atoms with E-state index in [2.05, 4.69) is 5.32 Å². The van der Waals surface area contributed by atoms with E-state index in [-0.39, 0.29) is 6.42 Å². The monoisotopic (exact) mass is 205 g/mol. The Kier molecular flexibility index (Phi) is 4.53. The smallest absolute Gasteiger partial charge is 0.408 e. The minimum Gasteiger partial charge on any atom is -0.444 e. The summed E-state index contributed by atoms with van der Waals surface area (Å²) in [4.78, 5) is 21.4. The number of carbonyl (C=O) groups excluding carboxylic acids is 2. The number of alkyl carbamates (subject to hydrolysis) is 1. The van der Waals surface area contributed by atoms with Crippen LogP contribution in [0.1, 0.15) is 34.1 Å². The van der Waals surface area contributed by atoms with Crippen LogP contribution in [0.25, 0.3) is 0 Å². The van der Waals surface area contributed by atoms with Crippen LogP contribution in [-0.4, -0.2) is 23.8 Å². The highest BCUT2D eigenvalue weighted by Crippen LogP contribution is 2.07. The van der Waals surface area contributed by atoms with E-state index >= 15 is 0 Å². The zero-order chi connectivity index (χ0) is 11.4. The Balaban J connectivity index is 4.11. The van der Waals surface area contributed by atoms with Crippen molar-refractivity contribution in [1.82, 2.24) is 5.32 Å². The predicted molar refractivity (Wildman–Crippen MR) is 49.6 cm³/mol. The first-order valence-corrected chi connectivity index (χ1v) is 4.45. The summed E-state index contributed by atoms with van der Waals surface area (Å²) in [6.07, 6.45) is -0.579. The van der Waals surface area contributed by atoms with Crippen LogP contribution in [-0.2, 0) is 9.53 Å². The van der Waals surface area contributed by atoms with Gasteiger partial charge in [-0.3, -0.25) is 4.79 Å². The maximum atomic E-state index is 12.3. The van der Waals surface area contributed by atoms with Crippen molar-refractivity contribution < 1.29 is 18.7 Å². The molecule has 0 saturated carbocycles. The molecule has 0 aliphatic carbocycles. The highest BCUT2D eigenvalue weighted by Gasteiger charge is 2.22. The number of halogens is 1. The van der Waals surface area contributed by atoms with Gasteiger partial charge in [-0.15, -0.1) is 0 Å². The van der Waals surface area contributed by atoms with E-state index in [1.54, 1.807) is 27.7 Å². The maximum absolute atomic E-state index is 12.3. The Morgan fingerprint density at radius 1 is 1.43 bits per heavy atom. The van der Waals surface area contributed by atoms with E-state index in [0.717, 1.165) is 0 Å². The fourth-order valence-electron chi connectivity index (χ4n) is 0.769. The molecular formula is C9H16FNO3. The lowest BCUT2D eigenvalue weighted by Gasteiger charge is -2.21. The summed E-state index contributed by atoms with van der Waals surface area (Å²) in [7, 11) is 0. The van der Waals surface area contributed by atoms with Gasteiger partial charge < -0.3 is 10.1 Å². The van der Waals surface area contributed by atoms with E-state index in [1.807, 2.05) is 0 Å². The van der Waals surface area contributed by atoms with Crippen LogP contribution in [0.4, 0.5) is 9.18 Å². The first-order chi connectivity index (χ1) is 6.26. The molecule has 82 valence electrons. The second kappa shape index (κ2) is 4.93. The van der Waals surface area contributed by atoms with Crippen molar-refractivity contribution >= 4 is 12.1 Å². The molecule has 1 unspecified atom stereocenters. The molecule has 0 aliphatic heterocycles. The van der Waals surface area contributed by atoms with Crippen molar-refractivity contribution in [2.45, 2.75) is 45.8 Å². The normalized spacial score (nSPS) is 13.2. The molecule has 0 rings (SSSR count). The van der Waals surface area contributed by atoms with Crippen molar-refractivity contribution in [3.05, 3.63) is 0 Å². The van der Waals surface area contributed by atoms with Crippen LogP contribution in [0, 0.1) is 0 Å². The molecule has 1 amide bonds. The highest BCUT2D eigenvalue weighted by atomic mass is 19.1. The number of carbonyl (C=O) groups is 2. The van der Waals surface area contributed by atoms with Gasteiger partial charge in [0.1, 0.15) is 11.6 Å². The van der Waals surface area contributed by atoms with E-state index < -0.39 is 23.8 Å². The van der Waals surface area contributed by atoms with Gasteiger partial charge >= 0.3 is 12.1 Å². The Labute approximate surface area is 82.8 Å². The molecule has 1 atom stereocenters. The fraction of sp³-hybridized carbons (Fsp3) is 0.778. The van der Waals surface area contributed by atoms with Crippen LogP contribution in [0.15, 0.2) is 0 Å². The minimum atomic E-state index is -1.56. The third-order valence-corrected chi connectivity index (χ3v) is 1.37. The van der Waals surface area contributed by atoms with Gasteiger partial charge in [0.05, 0.1) is 0 Å². The van der Waals surface area contributed by atoms with Crippen molar-refractivity contribution in [2.24, 2.45) is 0 Å². The first-order valence-electron chi connectivity index (χ1n) is 4.45. The molecule has 0 aliphatic rings. The molecule has 0 spiro atoms. The summed E-state index contributed by atoms with van der Waals surface area (Å²) >= 11 is 0. The van der Waals surface area contributed by atoms with Crippen molar-refractivity contribution in [2.75, 3.05) is 0 Å². The number of rotatable bonds is 3. The second-order valence-electron chi connectivity index (χ2n) is 3.91. The van der Waals surface area contributed by atoms with Crippen molar-refractivity contribution in [3.63, 3.8) is 0 Å². The summed E-state index contributed by atoms with van der Waals surface area (Å²) in [6, 6.07) is -2.66. The molecule has 0 saturated heterocycles. The lowest BCUT2D eigenvalue weighted by molar-refractivity contribution is -0.131. The largest absolute Gasteiger partial charge is 0.444 e. The number of hydrogen-bond acceptors (Lipinski definition) is 3. The second-order valence-corrected chi connectivity index (χ2v) is 3.91. The number of amides is 1. The van der Waals surface area contributed by atoms with Crippen molar-refractivity contribution in [1.29, 1.82) is 0 Å². The molecule has 0 fully saturated rings. The summed E-state index contributed by atoms with van der Waals surface area (Å²) in [6.45, 7) is 6.65. The van der Waals surface area contributed by atoms with Crippen LogP contribution >= 0.6 is 0 Å². The van der Waals surface area contributed by atoms with E-state index in [4.69, 9.17) is 4.74 Å². The lowest BCUT2D eigenvalue weighted by Crippen LogP contribution is -2.41. The molecule has 0 radical (unpaired) electrons. The number of ether oxygens (including phenoxy) is 1. The Morgan fingerprint density at radius 2 is 1.93 bits per heavy atom. The Hall–Kier alpha value is -1.13. The topological polar surface area (TPSA) is 55.4 Å². The summed E-state index contributed by atoms with van der Waals surface area (Å²) < 4.78 is 17.1. The molecule has 14 heavy (non-hydrogen) atoms. The zero-order valence-electron chi connectivity index (χ0n) is 8.89. The van der Waals surface area contributed by atoms with E-state index in [1.165, 1.54) is 0 Å². The SMILES string of the molecule is CCC(NC(=O)OC(C)(C)C)C(=O)F. The third-order valence-electron chi connectivity index (χ3n) is 1.37. The molecule has 5 heteroatoms. The van der Waals surface area contributed by atoms with Gasteiger partial charge in [0.2, 0.25) is 0 Å². The van der Waals surface area contributed by atoms with Crippen LogP contribution < -0.4 is 5.32 Å². The molecule has 1 N–H and O–H groups in total. The number of nitrogens with one attached hydrogen (secondary N) is 1. The molecule has 0 heterocycles. The van der Waals surface area contributed by atoms with Crippen LogP contribution in [0.5, 0.6) is 0 Å². The fourth-order valence-corrected chi connectivity index (χ4v) is 0.769. The Bertz CT molecular complexity index is 223. The number of hydrogen-bond donors (Lipinski definition) is 1. The molecule has 0 aromatic heterocycles. The van der Waals surface area contributed by atoms with Gasteiger partial charge in [-0.25, -0.2) is 4.79 Å². The lowest BCUT2D eigenvalue weighted by atomic mass is 10.2.